The van der Waals surface area contributed by atoms with Gasteiger partial charge in [0.05, 0.1) is 0 Å². The largest absolute Gasteiger partial charge is 0.352 e. The minimum atomic E-state index is 0.107. The standard InChI is InChI=1S/C11H23ClN2O/c1-4-14(5-2)9-10(3)13-11(15)7-6-8-12/h10H,4-9H2,1-3H3,(H,13,15). The molecule has 0 radical (unpaired) electrons. The van der Waals surface area contributed by atoms with Crippen molar-refractivity contribution in [1.29, 1.82) is 0 Å². The van der Waals surface area contributed by atoms with Crippen molar-refractivity contribution in [3.8, 4) is 0 Å². The van der Waals surface area contributed by atoms with Gasteiger partial charge in [0.25, 0.3) is 0 Å². The van der Waals surface area contributed by atoms with Gasteiger partial charge in [0.15, 0.2) is 0 Å². The summed E-state index contributed by atoms with van der Waals surface area (Å²) < 4.78 is 0. The topological polar surface area (TPSA) is 32.3 Å². The zero-order valence-corrected chi connectivity index (χ0v) is 10.8. The summed E-state index contributed by atoms with van der Waals surface area (Å²) in [6.07, 6.45) is 1.29. The minimum Gasteiger partial charge on any atom is -0.352 e. The number of halogens is 1. The van der Waals surface area contributed by atoms with Gasteiger partial charge in [-0.2, -0.15) is 0 Å². The van der Waals surface area contributed by atoms with Crippen LogP contribution < -0.4 is 5.32 Å². The lowest BCUT2D eigenvalue weighted by atomic mass is 10.2. The highest BCUT2D eigenvalue weighted by atomic mass is 35.5. The molecule has 15 heavy (non-hydrogen) atoms. The number of carbonyl (C=O) groups is 1. The van der Waals surface area contributed by atoms with Crippen LogP contribution in [0.3, 0.4) is 0 Å². The second-order valence-electron chi connectivity index (χ2n) is 3.75. The van der Waals surface area contributed by atoms with Crippen LogP contribution in [0.15, 0.2) is 0 Å². The summed E-state index contributed by atoms with van der Waals surface area (Å²) in [5, 5.41) is 2.97. The molecule has 0 aromatic heterocycles. The lowest BCUT2D eigenvalue weighted by Crippen LogP contribution is -2.41. The number of hydrogen-bond donors (Lipinski definition) is 1. The first kappa shape index (κ1) is 14.7. The van der Waals surface area contributed by atoms with Crippen LogP contribution in [0.1, 0.15) is 33.6 Å². The van der Waals surface area contributed by atoms with Crippen LogP contribution in [0.5, 0.6) is 0 Å². The van der Waals surface area contributed by atoms with Crippen LogP contribution in [-0.4, -0.2) is 42.4 Å². The fourth-order valence-electron chi connectivity index (χ4n) is 1.49. The Labute approximate surface area is 98.2 Å². The summed E-state index contributed by atoms with van der Waals surface area (Å²) in [6, 6.07) is 0.215. The Morgan fingerprint density at radius 3 is 2.47 bits per heavy atom. The van der Waals surface area contributed by atoms with Crippen molar-refractivity contribution in [2.45, 2.75) is 39.7 Å². The monoisotopic (exact) mass is 234 g/mol. The highest BCUT2D eigenvalue weighted by Crippen LogP contribution is 1.95. The SMILES string of the molecule is CCN(CC)CC(C)NC(=O)CCCCl. The third-order valence-electron chi connectivity index (χ3n) is 2.37. The molecule has 0 aliphatic carbocycles. The molecular weight excluding hydrogens is 212 g/mol. The first-order chi connectivity index (χ1) is 7.13. The van der Waals surface area contributed by atoms with Crippen molar-refractivity contribution in [3.05, 3.63) is 0 Å². The van der Waals surface area contributed by atoms with Gasteiger partial charge in [-0.15, -0.1) is 11.6 Å². The molecule has 0 heterocycles. The highest BCUT2D eigenvalue weighted by molar-refractivity contribution is 6.17. The van der Waals surface area contributed by atoms with E-state index in [1.807, 2.05) is 6.92 Å². The normalized spacial score (nSPS) is 12.9. The molecule has 1 amide bonds. The number of carbonyl (C=O) groups excluding carboxylic acids is 1. The third kappa shape index (κ3) is 7.63. The van der Waals surface area contributed by atoms with E-state index in [0.29, 0.717) is 12.3 Å². The molecule has 0 spiro atoms. The van der Waals surface area contributed by atoms with Crippen molar-refractivity contribution in [2.24, 2.45) is 0 Å². The fraction of sp³-hybridized carbons (Fsp3) is 0.909. The Balaban J connectivity index is 3.71. The van der Waals surface area contributed by atoms with Gasteiger partial charge in [-0.05, 0) is 26.4 Å². The number of hydrogen-bond acceptors (Lipinski definition) is 2. The number of rotatable bonds is 8. The van der Waals surface area contributed by atoms with Crippen LogP contribution >= 0.6 is 11.6 Å². The number of nitrogens with one attached hydrogen (secondary N) is 1. The summed E-state index contributed by atoms with van der Waals surface area (Å²) in [6.45, 7) is 9.27. The average molecular weight is 235 g/mol. The zero-order valence-electron chi connectivity index (χ0n) is 10.1. The molecule has 4 heteroatoms. The zero-order chi connectivity index (χ0) is 11.7. The van der Waals surface area contributed by atoms with E-state index in [1.54, 1.807) is 0 Å². The van der Waals surface area contributed by atoms with Crippen LogP contribution in [0.4, 0.5) is 0 Å². The Morgan fingerprint density at radius 2 is 2.00 bits per heavy atom. The molecule has 0 fully saturated rings. The lowest BCUT2D eigenvalue weighted by Gasteiger charge is -2.23. The maximum Gasteiger partial charge on any atom is 0.220 e. The maximum atomic E-state index is 11.4. The van der Waals surface area contributed by atoms with Crippen molar-refractivity contribution < 1.29 is 4.79 Å². The molecule has 1 atom stereocenters. The third-order valence-corrected chi connectivity index (χ3v) is 2.64. The van der Waals surface area contributed by atoms with E-state index < -0.39 is 0 Å². The summed E-state index contributed by atoms with van der Waals surface area (Å²) in [5.74, 6) is 0.660. The fourth-order valence-corrected chi connectivity index (χ4v) is 1.62. The molecule has 1 unspecified atom stereocenters. The lowest BCUT2D eigenvalue weighted by molar-refractivity contribution is -0.121. The van der Waals surface area contributed by atoms with Gasteiger partial charge in [-0.3, -0.25) is 4.79 Å². The molecule has 0 aromatic rings. The molecule has 0 aromatic carbocycles. The molecule has 0 saturated heterocycles. The van der Waals surface area contributed by atoms with Crippen molar-refractivity contribution in [1.82, 2.24) is 10.2 Å². The second-order valence-corrected chi connectivity index (χ2v) is 4.12. The van der Waals surface area contributed by atoms with Gasteiger partial charge < -0.3 is 10.2 Å². The van der Waals surface area contributed by atoms with Crippen LogP contribution in [0.25, 0.3) is 0 Å². The van der Waals surface area contributed by atoms with Gasteiger partial charge in [0.1, 0.15) is 0 Å². The summed E-state index contributed by atoms with van der Waals surface area (Å²) in [7, 11) is 0. The van der Waals surface area contributed by atoms with Gasteiger partial charge >= 0.3 is 0 Å². The Kier molecular flexibility index (Phi) is 8.82. The molecule has 0 bridgehead atoms. The molecular formula is C11H23ClN2O. The van der Waals surface area contributed by atoms with Crippen LogP contribution in [-0.2, 0) is 4.79 Å². The van der Waals surface area contributed by atoms with E-state index in [9.17, 15) is 4.79 Å². The number of amides is 1. The average Bonchev–Trinajstić information content (AvgIpc) is 2.22. The predicted molar refractivity (Wildman–Crippen MR) is 65.3 cm³/mol. The summed E-state index contributed by atoms with van der Waals surface area (Å²) >= 11 is 5.52. The second kappa shape index (κ2) is 8.98. The molecule has 0 saturated carbocycles. The van der Waals surface area contributed by atoms with E-state index in [2.05, 4.69) is 24.1 Å². The highest BCUT2D eigenvalue weighted by Gasteiger charge is 2.09. The summed E-state index contributed by atoms with van der Waals surface area (Å²) in [5.41, 5.74) is 0. The number of nitrogens with zero attached hydrogens (tertiary/aromatic N) is 1. The predicted octanol–water partition coefficient (Wildman–Crippen LogP) is 1.85. The minimum absolute atomic E-state index is 0.107. The first-order valence-electron chi connectivity index (χ1n) is 5.71. The van der Waals surface area contributed by atoms with E-state index in [-0.39, 0.29) is 11.9 Å². The molecule has 90 valence electrons. The molecule has 1 N–H and O–H groups in total. The number of likely N-dealkylation sites (N-methyl/N-ethyl adjacent to an activating group) is 1. The molecule has 0 rings (SSSR count). The Morgan fingerprint density at radius 1 is 1.40 bits per heavy atom. The van der Waals surface area contributed by atoms with Crippen LogP contribution in [0, 0.1) is 0 Å². The van der Waals surface area contributed by atoms with Gasteiger partial charge in [-0.1, -0.05) is 13.8 Å². The van der Waals surface area contributed by atoms with Crippen molar-refractivity contribution in [3.63, 3.8) is 0 Å². The van der Waals surface area contributed by atoms with Gasteiger partial charge in [-0.25, -0.2) is 0 Å². The number of alkyl halides is 1. The quantitative estimate of drug-likeness (QED) is 0.651. The Hall–Kier alpha value is -0.280. The smallest absolute Gasteiger partial charge is 0.220 e. The first-order valence-corrected chi connectivity index (χ1v) is 6.25. The van der Waals surface area contributed by atoms with E-state index in [4.69, 9.17) is 11.6 Å². The van der Waals surface area contributed by atoms with Crippen molar-refractivity contribution >= 4 is 17.5 Å². The van der Waals surface area contributed by atoms with Crippen molar-refractivity contribution in [2.75, 3.05) is 25.5 Å². The van der Waals surface area contributed by atoms with Gasteiger partial charge in [0, 0.05) is 24.9 Å². The molecule has 0 aliphatic rings. The molecule has 0 aliphatic heterocycles. The van der Waals surface area contributed by atoms with Gasteiger partial charge in [0.2, 0.25) is 5.91 Å². The van der Waals surface area contributed by atoms with E-state index in [0.717, 1.165) is 26.1 Å². The molecule has 3 nitrogen and oxygen atoms in total. The Bertz CT molecular complexity index is 172. The maximum absolute atomic E-state index is 11.4. The van der Waals surface area contributed by atoms with E-state index >= 15 is 0 Å². The summed E-state index contributed by atoms with van der Waals surface area (Å²) in [4.78, 5) is 13.7. The van der Waals surface area contributed by atoms with E-state index in [1.165, 1.54) is 0 Å². The van der Waals surface area contributed by atoms with Crippen LogP contribution in [0.2, 0.25) is 0 Å².